The molecule has 114 valence electrons. The van der Waals surface area contributed by atoms with Crippen molar-refractivity contribution in [1.29, 1.82) is 0 Å². The van der Waals surface area contributed by atoms with Crippen LogP contribution < -0.4 is 0 Å². The van der Waals surface area contributed by atoms with Gasteiger partial charge in [-0.1, -0.05) is 11.6 Å². The second kappa shape index (κ2) is 6.52. The molecule has 1 heterocycles. The van der Waals surface area contributed by atoms with Gasteiger partial charge in [0.25, 0.3) is 0 Å². The Bertz CT molecular complexity index is 533. The van der Waals surface area contributed by atoms with Gasteiger partial charge in [0, 0.05) is 6.42 Å². The maximum Gasteiger partial charge on any atom is 0.436 e. The number of rotatable bonds is 6. The summed E-state index contributed by atoms with van der Waals surface area (Å²) in [6.07, 6.45) is -5.14. The Hall–Kier alpha value is -1.17. The van der Waals surface area contributed by atoms with E-state index in [0.29, 0.717) is 4.68 Å². The van der Waals surface area contributed by atoms with Crippen LogP contribution >= 0.6 is 11.6 Å². The fourth-order valence-corrected chi connectivity index (χ4v) is 1.93. The highest BCUT2D eigenvalue weighted by molar-refractivity contribution is 7.74. The third-order valence-corrected chi connectivity index (χ3v) is 2.84. The van der Waals surface area contributed by atoms with Crippen molar-refractivity contribution in [3.05, 3.63) is 16.4 Å². The van der Waals surface area contributed by atoms with Gasteiger partial charge in [-0.3, -0.25) is 18.2 Å². The van der Waals surface area contributed by atoms with Crippen molar-refractivity contribution in [3.63, 3.8) is 0 Å². The summed E-state index contributed by atoms with van der Waals surface area (Å²) < 4.78 is 61.3. The molecule has 7 nitrogen and oxygen atoms in total. The normalized spacial score (nSPS) is 13.4. The first-order valence-corrected chi connectivity index (χ1v) is 6.32. The molecule has 1 rings (SSSR count). The number of hydrogen-bond donors (Lipinski definition) is 2. The number of carboxylic acid groups (broad SMARTS) is 1. The van der Waals surface area contributed by atoms with Gasteiger partial charge >= 0.3 is 23.5 Å². The van der Waals surface area contributed by atoms with E-state index in [9.17, 15) is 22.2 Å². The van der Waals surface area contributed by atoms with E-state index in [0.717, 1.165) is 0 Å². The van der Waals surface area contributed by atoms with E-state index < -0.39 is 47.4 Å². The van der Waals surface area contributed by atoms with Crippen molar-refractivity contribution in [2.24, 2.45) is 0 Å². The lowest BCUT2D eigenvalue weighted by molar-refractivity contribution is -0.143. The maximum atomic E-state index is 12.6. The summed E-state index contributed by atoms with van der Waals surface area (Å²) in [5.41, 5.74) is -1.66. The minimum absolute atomic E-state index is 0.244. The molecule has 1 atom stereocenters. The molecular weight excluding hydrogens is 329 g/mol. The second-order valence-electron chi connectivity index (χ2n) is 3.45. The first kappa shape index (κ1) is 16.9. The van der Waals surface area contributed by atoms with Gasteiger partial charge < -0.3 is 5.11 Å². The third-order valence-electron chi connectivity index (χ3n) is 2.07. The molecule has 1 aromatic rings. The number of halogens is 4. The van der Waals surface area contributed by atoms with Gasteiger partial charge in [0.05, 0.1) is 17.3 Å². The van der Waals surface area contributed by atoms with Crippen molar-refractivity contribution in [1.82, 2.24) is 9.78 Å². The first-order chi connectivity index (χ1) is 9.12. The number of hydrogen-bond acceptors (Lipinski definition) is 4. The van der Waals surface area contributed by atoms with E-state index in [2.05, 4.69) is 9.28 Å². The summed E-state index contributed by atoms with van der Waals surface area (Å²) in [5.74, 6) is -1.41. The molecular formula is C8H8ClF3N2O5S. The summed E-state index contributed by atoms with van der Waals surface area (Å²) >= 11 is 2.94. The maximum absolute atomic E-state index is 12.6. The Morgan fingerprint density at radius 2 is 2.10 bits per heavy atom. The third kappa shape index (κ3) is 4.44. The minimum atomic E-state index is -4.84. The van der Waals surface area contributed by atoms with Crippen molar-refractivity contribution in [2.45, 2.75) is 19.1 Å². The predicted molar refractivity (Wildman–Crippen MR) is 60.3 cm³/mol. The monoisotopic (exact) mass is 336 g/mol. The van der Waals surface area contributed by atoms with Crippen molar-refractivity contribution in [3.8, 4) is 0 Å². The van der Waals surface area contributed by atoms with Crippen LogP contribution in [0.2, 0.25) is 5.02 Å². The minimum Gasteiger partial charge on any atom is -0.480 e. The number of aliphatic carboxylic acids is 1. The SMILES string of the molecule is O=C(O)Cn1nc(C(F)(F)F)c(Cl)c1CCOS(=O)O. The van der Waals surface area contributed by atoms with Crippen molar-refractivity contribution < 1.29 is 36.0 Å². The zero-order valence-corrected chi connectivity index (χ0v) is 11.1. The Morgan fingerprint density at radius 1 is 1.50 bits per heavy atom. The molecule has 0 bridgehead atoms. The van der Waals surface area contributed by atoms with Crippen LogP contribution in [-0.4, -0.2) is 36.2 Å². The number of carboxylic acids is 1. The molecule has 0 aliphatic rings. The van der Waals surface area contributed by atoms with E-state index >= 15 is 0 Å². The van der Waals surface area contributed by atoms with E-state index in [1.165, 1.54) is 0 Å². The fraction of sp³-hybridized carbons (Fsp3) is 0.500. The second-order valence-corrected chi connectivity index (χ2v) is 4.50. The molecule has 20 heavy (non-hydrogen) atoms. The van der Waals surface area contributed by atoms with E-state index in [1.807, 2.05) is 0 Å². The molecule has 2 N–H and O–H groups in total. The van der Waals surface area contributed by atoms with Gasteiger partial charge in [0.15, 0.2) is 5.69 Å². The largest absolute Gasteiger partial charge is 0.480 e. The number of nitrogens with zero attached hydrogens (tertiary/aromatic N) is 2. The molecule has 0 spiro atoms. The molecule has 0 fully saturated rings. The van der Waals surface area contributed by atoms with E-state index in [1.54, 1.807) is 0 Å². The Balaban J connectivity index is 3.07. The van der Waals surface area contributed by atoms with Gasteiger partial charge in [0.2, 0.25) is 0 Å². The lowest BCUT2D eigenvalue weighted by Crippen LogP contribution is -2.15. The predicted octanol–water partition coefficient (Wildman–Crippen LogP) is 1.34. The van der Waals surface area contributed by atoms with Crippen molar-refractivity contribution >= 4 is 28.9 Å². The lowest BCUT2D eigenvalue weighted by Gasteiger charge is -2.04. The van der Waals surface area contributed by atoms with Gasteiger partial charge in [-0.25, -0.2) is 0 Å². The van der Waals surface area contributed by atoms with Crippen LogP contribution in [0.15, 0.2) is 0 Å². The van der Waals surface area contributed by atoms with E-state index in [-0.39, 0.29) is 12.1 Å². The average Bonchev–Trinajstić information content (AvgIpc) is 2.55. The van der Waals surface area contributed by atoms with Gasteiger partial charge in [0.1, 0.15) is 6.54 Å². The van der Waals surface area contributed by atoms with Gasteiger partial charge in [-0.2, -0.15) is 22.5 Å². The molecule has 1 unspecified atom stereocenters. The zero-order valence-electron chi connectivity index (χ0n) is 9.56. The first-order valence-electron chi connectivity index (χ1n) is 4.91. The van der Waals surface area contributed by atoms with Gasteiger partial charge in [-0.05, 0) is 0 Å². The van der Waals surface area contributed by atoms with E-state index in [4.69, 9.17) is 21.3 Å². The van der Waals surface area contributed by atoms with Crippen LogP contribution in [0.4, 0.5) is 13.2 Å². The van der Waals surface area contributed by atoms with Crippen LogP contribution in [0.1, 0.15) is 11.4 Å². The lowest BCUT2D eigenvalue weighted by atomic mass is 10.3. The summed E-state index contributed by atoms with van der Waals surface area (Å²) in [6, 6.07) is 0. The summed E-state index contributed by atoms with van der Waals surface area (Å²) in [4.78, 5) is 10.6. The highest BCUT2D eigenvalue weighted by Crippen LogP contribution is 2.35. The highest BCUT2D eigenvalue weighted by Gasteiger charge is 2.39. The number of aromatic nitrogens is 2. The van der Waals surface area contributed by atoms with Crippen LogP contribution in [0.3, 0.4) is 0 Å². The van der Waals surface area contributed by atoms with Crippen LogP contribution in [-0.2, 0) is 39.5 Å². The van der Waals surface area contributed by atoms with Crippen molar-refractivity contribution in [2.75, 3.05) is 6.61 Å². The molecule has 0 saturated heterocycles. The Kier molecular flexibility index (Phi) is 5.50. The number of carbonyl (C=O) groups is 1. The molecule has 0 radical (unpaired) electrons. The summed E-state index contributed by atoms with van der Waals surface area (Å²) in [5, 5.41) is 10.9. The van der Waals surface area contributed by atoms with Crippen LogP contribution in [0, 0.1) is 0 Å². The molecule has 0 aliphatic carbocycles. The highest BCUT2D eigenvalue weighted by atomic mass is 35.5. The Labute approximate surface area is 117 Å². The molecule has 0 amide bonds. The smallest absolute Gasteiger partial charge is 0.436 e. The fourth-order valence-electron chi connectivity index (χ4n) is 1.36. The Morgan fingerprint density at radius 3 is 2.55 bits per heavy atom. The molecule has 1 aromatic heterocycles. The molecule has 12 heteroatoms. The quantitative estimate of drug-likeness (QED) is 0.760. The zero-order chi connectivity index (χ0) is 15.5. The number of alkyl halides is 3. The standard InChI is InChI=1S/C8H8ClF3N2O5S/c9-6-4(1-2-19-20(17)18)14(3-5(15)16)13-7(6)8(10,11)12/h1-3H2,(H,15,16)(H,17,18). The molecule has 0 aliphatic heterocycles. The molecule has 0 saturated carbocycles. The van der Waals surface area contributed by atoms with Crippen LogP contribution in [0.25, 0.3) is 0 Å². The van der Waals surface area contributed by atoms with Gasteiger partial charge in [-0.15, -0.1) is 0 Å². The average molecular weight is 337 g/mol. The summed E-state index contributed by atoms with van der Waals surface area (Å²) in [6.45, 7) is -1.25. The molecule has 0 aromatic carbocycles. The summed E-state index contributed by atoms with van der Waals surface area (Å²) in [7, 11) is 0. The topological polar surface area (TPSA) is 102 Å². The van der Waals surface area contributed by atoms with Crippen LogP contribution in [0.5, 0.6) is 0 Å².